The molecule has 0 aliphatic carbocycles. The summed E-state index contributed by atoms with van der Waals surface area (Å²) in [5.41, 5.74) is 2.38. The average molecular weight is 252 g/mol. The number of aromatic nitrogens is 2. The first-order valence-corrected chi connectivity index (χ1v) is 5.29. The number of nitrogens with zero attached hydrogens (tertiary/aromatic N) is 2. The minimum Gasteiger partial charge on any atom is -0.333 e. The highest BCUT2D eigenvalue weighted by atomic mass is 35.5. The molecular formula is C11H7Cl2N3. The van der Waals surface area contributed by atoms with E-state index in [9.17, 15) is 0 Å². The highest BCUT2D eigenvalue weighted by Gasteiger charge is 2.09. The van der Waals surface area contributed by atoms with Gasteiger partial charge < -0.3 is 4.98 Å². The third-order valence-corrected chi connectivity index (χ3v) is 2.92. The van der Waals surface area contributed by atoms with E-state index in [-0.39, 0.29) is 0 Å². The molecule has 0 bridgehead atoms. The van der Waals surface area contributed by atoms with Crippen LogP contribution in [0.1, 0.15) is 11.5 Å². The van der Waals surface area contributed by atoms with E-state index in [2.05, 4.69) is 9.97 Å². The molecule has 0 radical (unpaired) electrons. The van der Waals surface area contributed by atoms with Crippen LogP contribution in [0, 0.1) is 18.3 Å². The van der Waals surface area contributed by atoms with E-state index < -0.39 is 0 Å². The fourth-order valence-corrected chi connectivity index (χ4v) is 1.74. The Hall–Kier alpha value is -1.50. The average Bonchev–Trinajstić information content (AvgIpc) is 2.64. The SMILES string of the molecule is Cc1[nH]c(C#N)nc1-c1ccc(Cl)c(Cl)c1. The molecule has 2 aromatic rings. The summed E-state index contributed by atoms with van der Waals surface area (Å²) in [6.07, 6.45) is 0. The van der Waals surface area contributed by atoms with Gasteiger partial charge in [-0.1, -0.05) is 29.3 Å². The van der Waals surface area contributed by atoms with Crippen molar-refractivity contribution in [3.63, 3.8) is 0 Å². The van der Waals surface area contributed by atoms with Gasteiger partial charge in [0.1, 0.15) is 6.07 Å². The molecule has 3 nitrogen and oxygen atoms in total. The Morgan fingerprint density at radius 3 is 2.62 bits per heavy atom. The van der Waals surface area contributed by atoms with Crippen LogP contribution in [0.4, 0.5) is 0 Å². The van der Waals surface area contributed by atoms with Gasteiger partial charge in [0, 0.05) is 11.3 Å². The molecule has 16 heavy (non-hydrogen) atoms. The molecular weight excluding hydrogens is 245 g/mol. The van der Waals surface area contributed by atoms with E-state index in [1.54, 1.807) is 12.1 Å². The maximum Gasteiger partial charge on any atom is 0.210 e. The van der Waals surface area contributed by atoms with Crippen molar-refractivity contribution < 1.29 is 0 Å². The van der Waals surface area contributed by atoms with Crippen molar-refractivity contribution in [1.29, 1.82) is 5.26 Å². The van der Waals surface area contributed by atoms with Crippen LogP contribution in [0.15, 0.2) is 18.2 Å². The smallest absolute Gasteiger partial charge is 0.210 e. The van der Waals surface area contributed by atoms with Gasteiger partial charge in [-0.25, -0.2) is 4.98 Å². The molecule has 0 fully saturated rings. The predicted molar refractivity (Wildman–Crippen MR) is 63.5 cm³/mol. The van der Waals surface area contributed by atoms with Crippen molar-refractivity contribution in [3.8, 4) is 17.3 Å². The molecule has 0 unspecified atom stereocenters. The summed E-state index contributed by atoms with van der Waals surface area (Å²) in [5, 5.41) is 9.70. The van der Waals surface area contributed by atoms with E-state index in [1.807, 2.05) is 19.1 Å². The van der Waals surface area contributed by atoms with Crippen LogP contribution in [0.25, 0.3) is 11.3 Å². The second kappa shape index (κ2) is 4.17. The van der Waals surface area contributed by atoms with E-state index in [0.29, 0.717) is 15.9 Å². The fraction of sp³-hybridized carbons (Fsp3) is 0.0909. The van der Waals surface area contributed by atoms with Crippen molar-refractivity contribution in [3.05, 3.63) is 39.8 Å². The molecule has 2 rings (SSSR count). The summed E-state index contributed by atoms with van der Waals surface area (Å²) in [7, 11) is 0. The number of hydrogen-bond acceptors (Lipinski definition) is 2. The highest BCUT2D eigenvalue weighted by Crippen LogP contribution is 2.28. The molecule has 1 aromatic heterocycles. The number of rotatable bonds is 1. The van der Waals surface area contributed by atoms with Gasteiger partial charge in [0.2, 0.25) is 5.82 Å². The van der Waals surface area contributed by atoms with Gasteiger partial charge in [0.05, 0.1) is 15.7 Å². The second-order valence-electron chi connectivity index (χ2n) is 3.30. The van der Waals surface area contributed by atoms with Crippen molar-refractivity contribution in [2.75, 3.05) is 0 Å². The van der Waals surface area contributed by atoms with Gasteiger partial charge in [0.25, 0.3) is 0 Å². The van der Waals surface area contributed by atoms with Crippen LogP contribution in [0.5, 0.6) is 0 Å². The van der Waals surface area contributed by atoms with Crippen LogP contribution in [-0.2, 0) is 0 Å². The van der Waals surface area contributed by atoms with Crippen molar-refractivity contribution in [2.24, 2.45) is 0 Å². The highest BCUT2D eigenvalue weighted by molar-refractivity contribution is 6.42. The van der Waals surface area contributed by atoms with Crippen LogP contribution in [-0.4, -0.2) is 9.97 Å². The van der Waals surface area contributed by atoms with Gasteiger partial charge in [-0.2, -0.15) is 5.26 Å². The summed E-state index contributed by atoms with van der Waals surface area (Å²) in [4.78, 5) is 7.03. The van der Waals surface area contributed by atoms with Crippen molar-refractivity contribution in [2.45, 2.75) is 6.92 Å². The third kappa shape index (κ3) is 1.90. The van der Waals surface area contributed by atoms with E-state index in [1.165, 1.54) is 0 Å². The monoisotopic (exact) mass is 251 g/mol. The van der Waals surface area contributed by atoms with Gasteiger partial charge in [0.15, 0.2) is 0 Å². The molecule has 0 amide bonds. The Kier molecular flexibility index (Phi) is 2.86. The van der Waals surface area contributed by atoms with Gasteiger partial charge >= 0.3 is 0 Å². The molecule has 0 saturated carbocycles. The van der Waals surface area contributed by atoms with Crippen molar-refractivity contribution >= 4 is 23.2 Å². The molecule has 80 valence electrons. The Bertz CT molecular complexity index is 581. The summed E-state index contributed by atoms with van der Waals surface area (Å²) in [6.45, 7) is 1.85. The zero-order valence-corrected chi connectivity index (χ0v) is 9.89. The molecule has 0 saturated heterocycles. The number of nitriles is 1. The number of imidazole rings is 1. The van der Waals surface area contributed by atoms with Gasteiger partial charge in [-0.05, 0) is 19.1 Å². The standard InChI is InChI=1S/C11H7Cl2N3/c1-6-11(16-10(5-14)15-6)7-2-3-8(12)9(13)4-7/h2-4H,1H3,(H,15,16). The molecule has 0 atom stereocenters. The molecule has 5 heteroatoms. The first-order valence-electron chi connectivity index (χ1n) is 4.54. The largest absolute Gasteiger partial charge is 0.333 e. The summed E-state index contributed by atoms with van der Waals surface area (Å²) >= 11 is 11.7. The third-order valence-electron chi connectivity index (χ3n) is 2.18. The summed E-state index contributed by atoms with van der Waals surface area (Å²) in [6, 6.07) is 7.21. The zero-order valence-electron chi connectivity index (χ0n) is 8.38. The van der Waals surface area contributed by atoms with E-state index in [4.69, 9.17) is 28.5 Å². The molecule has 1 heterocycles. The molecule has 1 aromatic carbocycles. The van der Waals surface area contributed by atoms with Gasteiger partial charge in [-0.3, -0.25) is 0 Å². The van der Waals surface area contributed by atoms with E-state index in [0.717, 1.165) is 17.0 Å². The lowest BCUT2D eigenvalue weighted by Gasteiger charge is -2.00. The number of nitrogens with one attached hydrogen (secondary N) is 1. The molecule has 0 spiro atoms. The molecule has 0 aliphatic heterocycles. The second-order valence-corrected chi connectivity index (χ2v) is 4.11. The normalized spacial score (nSPS) is 10.1. The number of aromatic amines is 1. The van der Waals surface area contributed by atoms with Crippen LogP contribution in [0.2, 0.25) is 10.0 Å². The van der Waals surface area contributed by atoms with Crippen molar-refractivity contribution in [1.82, 2.24) is 9.97 Å². The minimum absolute atomic E-state index is 0.290. The van der Waals surface area contributed by atoms with Crippen LogP contribution >= 0.6 is 23.2 Å². The molecule has 1 N–H and O–H groups in total. The topological polar surface area (TPSA) is 52.5 Å². The quantitative estimate of drug-likeness (QED) is 0.843. The summed E-state index contributed by atoms with van der Waals surface area (Å²) < 4.78 is 0. The van der Waals surface area contributed by atoms with E-state index >= 15 is 0 Å². The predicted octanol–water partition coefficient (Wildman–Crippen LogP) is 3.56. The number of H-pyrrole nitrogens is 1. The van der Waals surface area contributed by atoms with Crippen LogP contribution < -0.4 is 0 Å². The lowest BCUT2D eigenvalue weighted by atomic mass is 10.1. The number of hydrogen-bond donors (Lipinski definition) is 1. The maximum absolute atomic E-state index is 8.73. The Labute approximate surface area is 103 Å². The number of benzene rings is 1. The number of aryl methyl sites for hydroxylation is 1. The zero-order chi connectivity index (χ0) is 11.7. The lowest BCUT2D eigenvalue weighted by molar-refractivity contribution is 1.20. The van der Waals surface area contributed by atoms with Gasteiger partial charge in [-0.15, -0.1) is 0 Å². The molecule has 0 aliphatic rings. The number of halogens is 2. The first kappa shape index (κ1) is 11.0. The fourth-order valence-electron chi connectivity index (χ4n) is 1.44. The maximum atomic E-state index is 8.73. The first-order chi connectivity index (χ1) is 7.61. The Morgan fingerprint density at radius 1 is 1.31 bits per heavy atom. The Balaban J connectivity index is 2.55. The lowest BCUT2D eigenvalue weighted by Crippen LogP contribution is -1.81. The summed E-state index contributed by atoms with van der Waals surface area (Å²) in [5.74, 6) is 0.290. The van der Waals surface area contributed by atoms with Crippen LogP contribution in [0.3, 0.4) is 0 Å². The Morgan fingerprint density at radius 2 is 2.06 bits per heavy atom. The minimum atomic E-state index is 0.290.